The second kappa shape index (κ2) is 8.14. The molecule has 7 heteroatoms. The summed E-state index contributed by atoms with van der Waals surface area (Å²) < 4.78 is 26.6. The molecular formula is C16H18N2O3S2. The molecule has 0 saturated heterocycles. The molecule has 2 rings (SSSR count). The Kier molecular flexibility index (Phi) is 6.20. The Hall–Kier alpha value is -1.83. The minimum absolute atomic E-state index is 0.110. The Labute approximate surface area is 140 Å². The molecule has 2 N–H and O–H groups in total. The maximum Gasteiger partial charge on any atom is 0.240 e. The van der Waals surface area contributed by atoms with Gasteiger partial charge in [-0.15, -0.1) is 11.8 Å². The molecule has 0 radical (unpaired) electrons. The van der Waals surface area contributed by atoms with Crippen LogP contribution in [0.1, 0.15) is 6.92 Å². The van der Waals surface area contributed by atoms with Gasteiger partial charge in [-0.1, -0.05) is 18.2 Å². The lowest BCUT2D eigenvalue weighted by molar-refractivity contribution is -0.114. The molecule has 1 amide bonds. The summed E-state index contributed by atoms with van der Waals surface area (Å²) in [5.41, 5.74) is 0.742. The van der Waals surface area contributed by atoms with Crippen molar-refractivity contribution in [1.29, 1.82) is 0 Å². The smallest absolute Gasteiger partial charge is 0.240 e. The van der Waals surface area contributed by atoms with Gasteiger partial charge in [0, 0.05) is 29.8 Å². The van der Waals surface area contributed by atoms with Crippen LogP contribution in [0.4, 0.5) is 5.69 Å². The molecule has 0 aliphatic heterocycles. The highest BCUT2D eigenvalue weighted by Crippen LogP contribution is 2.20. The van der Waals surface area contributed by atoms with E-state index in [-0.39, 0.29) is 10.8 Å². The molecule has 0 saturated carbocycles. The normalized spacial score (nSPS) is 11.2. The van der Waals surface area contributed by atoms with Crippen LogP contribution >= 0.6 is 11.8 Å². The Bertz CT molecular complexity index is 745. The van der Waals surface area contributed by atoms with Gasteiger partial charge >= 0.3 is 0 Å². The first-order valence-corrected chi connectivity index (χ1v) is 9.49. The highest BCUT2D eigenvalue weighted by atomic mass is 32.2. The first-order chi connectivity index (χ1) is 11.0. The number of thioether (sulfide) groups is 1. The molecule has 0 spiro atoms. The van der Waals surface area contributed by atoms with Gasteiger partial charge in [0.05, 0.1) is 4.90 Å². The number of hydrogen-bond donors (Lipinski definition) is 2. The molecule has 0 atom stereocenters. The predicted molar refractivity (Wildman–Crippen MR) is 93.1 cm³/mol. The van der Waals surface area contributed by atoms with Crippen LogP contribution in [0.2, 0.25) is 0 Å². The summed E-state index contributed by atoms with van der Waals surface area (Å²) in [5, 5.41) is 2.70. The van der Waals surface area contributed by atoms with Gasteiger partial charge in [0.25, 0.3) is 0 Å². The van der Waals surface area contributed by atoms with Gasteiger partial charge in [0.1, 0.15) is 0 Å². The topological polar surface area (TPSA) is 75.3 Å². The third-order valence-electron chi connectivity index (χ3n) is 2.89. The second-order valence-corrected chi connectivity index (χ2v) is 7.70. The van der Waals surface area contributed by atoms with Crippen molar-refractivity contribution in [2.24, 2.45) is 0 Å². The summed E-state index contributed by atoms with van der Waals surface area (Å²) >= 11 is 1.54. The van der Waals surface area contributed by atoms with Gasteiger partial charge < -0.3 is 5.32 Å². The number of anilines is 1. The van der Waals surface area contributed by atoms with E-state index in [1.54, 1.807) is 42.1 Å². The van der Waals surface area contributed by atoms with Crippen molar-refractivity contribution < 1.29 is 13.2 Å². The Morgan fingerprint density at radius 3 is 2.30 bits per heavy atom. The quantitative estimate of drug-likeness (QED) is 0.595. The van der Waals surface area contributed by atoms with Crippen LogP contribution in [0.3, 0.4) is 0 Å². The van der Waals surface area contributed by atoms with Crippen LogP contribution in [0, 0.1) is 0 Å². The van der Waals surface area contributed by atoms with Gasteiger partial charge in [0.2, 0.25) is 15.9 Å². The largest absolute Gasteiger partial charge is 0.326 e. The fraction of sp³-hybridized carbons (Fsp3) is 0.188. The van der Waals surface area contributed by atoms with Crippen LogP contribution in [-0.2, 0) is 14.8 Å². The summed E-state index contributed by atoms with van der Waals surface area (Å²) in [4.78, 5) is 12.2. The fourth-order valence-corrected chi connectivity index (χ4v) is 3.82. The molecule has 0 bridgehead atoms. The predicted octanol–water partition coefficient (Wildman–Crippen LogP) is 2.72. The number of rotatable bonds is 7. The Balaban J connectivity index is 1.80. The van der Waals surface area contributed by atoms with E-state index in [1.165, 1.54) is 6.92 Å². The van der Waals surface area contributed by atoms with Gasteiger partial charge in [-0.3, -0.25) is 4.79 Å². The van der Waals surface area contributed by atoms with Crippen molar-refractivity contribution in [3.63, 3.8) is 0 Å². The molecule has 0 heterocycles. The van der Waals surface area contributed by atoms with Crippen LogP contribution < -0.4 is 10.0 Å². The first-order valence-electron chi connectivity index (χ1n) is 7.02. The van der Waals surface area contributed by atoms with Gasteiger partial charge in [-0.05, 0) is 36.4 Å². The van der Waals surface area contributed by atoms with Crippen LogP contribution in [0.25, 0.3) is 0 Å². The lowest BCUT2D eigenvalue weighted by Gasteiger charge is -2.07. The number of carbonyl (C=O) groups is 1. The maximum atomic E-state index is 12.0. The molecular weight excluding hydrogens is 332 g/mol. The lowest BCUT2D eigenvalue weighted by Crippen LogP contribution is -2.25. The van der Waals surface area contributed by atoms with Gasteiger partial charge in [-0.2, -0.15) is 0 Å². The molecule has 0 unspecified atom stereocenters. The number of carbonyl (C=O) groups excluding carboxylic acids is 1. The fourth-order valence-electron chi connectivity index (χ4n) is 1.87. The highest BCUT2D eigenvalue weighted by molar-refractivity contribution is 7.99. The average Bonchev–Trinajstić information content (AvgIpc) is 2.53. The minimum Gasteiger partial charge on any atom is -0.326 e. The maximum absolute atomic E-state index is 12.0. The van der Waals surface area contributed by atoms with Crippen LogP contribution in [0.5, 0.6) is 0 Å². The second-order valence-electron chi connectivity index (χ2n) is 4.76. The van der Waals surface area contributed by atoms with Crippen molar-refractivity contribution in [3.05, 3.63) is 54.6 Å². The number of benzene rings is 2. The van der Waals surface area contributed by atoms with E-state index in [1.807, 2.05) is 24.3 Å². The molecule has 122 valence electrons. The van der Waals surface area contributed by atoms with Crippen molar-refractivity contribution >= 4 is 33.4 Å². The van der Waals surface area contributed by atoms with Crippen LogP contribution in [0.15, 0.2) is 64.4 Å². The number of nitrogens with one attached hydrogen (secondary N) is 2. The molecule has 0 aliphatic carbocycles. The van der Waals surface area contributed by atoms with Crippen LogP contribution in [-0.4, -0.2) is 26.6 Å². The summed E-state index contributed by atoms with van der Waals surface area (Å²) in [6, 6.07) is 15.7. The zero-order chi connectivity index (χ0) is 16.7. The molecule has 0 aromatic heterocycles. The van der Waals surface area contributed by atoms with E-state index in [4.69, 9.17) is 0 Å². The SMILES string of the molecule is CC(=O)Nc1ccc(SCCNS(=O)(=O)c2ccccc2)cc1. The van der Waals surface area contributed by atoms with Crippen molar-refractivity contribution in [2.75, 3.05) is 17.6 Å². The summed E-state index contributed by atoms with van der Waals surface area (Å²) in [6.45, 7) is 1.80. The molecule has 2 aromatic rings. The monoisotopic (exact) mass is 350 g/mol. The van der Waals surface area contributed by atoms with Gasteiger partial charge in [0.15, 0.2) is 0 Å². The molecule has 2 aromatic carbocycles. The third-order valence-corrected chi connectivity index (χ3v) is 5.38. The number of sulfonamides is 1. The average molecular weight is 350 g/mol. The highest BCUT2D eigenvalue weighted by Gasteiger charge is 2.11. The van der Waals surface area contributed by atoms with E-state index in [2.05, 4.69) is 10.0 Å². The van der Waals surface area contributed by atoms with Gasteiger partial charge in [-0.25, -0.2) is 13.1 Å². The zero-order valence-electron chi connectivity index (χ0n) is 12.7. The molecule has 5 nitrogen and oxygen atoms in total. The summed E-state index contributed by atoms with van der Waals surface area (Å²) in [7, 11) is -3.45. The zero-order valence-corrected chi connectivity index (χ0v) is 14.3. The number of hydrogen-bond acceptors (Lipinski definition) is 4. The van der Waals surface area contributed by atoms with E-state index in [0.717, 1.165) is 10.6 Å². The first kappa shape index (κ1) is 17.5. The Morgan fingerprint density at radius 2 is 1.70 bits per heavy atom. The molecule has 23 heavy (non-hydrogen) atoms. The molecule has 0 fully saturated rings. The van der Waals surface area contributed by atoms with E-state index < -0.39 is 10.0 Å². The summed E-state index contributed by atoms with van der Waals surface area (Å²) in [6.07, 6.45) is 0. The third kappa shape index (κ3) is 5.70. The van der Waals surface area contributed by atoms with Crippen molar-refractivity contribution in [1.82, 2.24) is 4.72 Å². The molecule has 0 aliphatic rings. The minimum atomic E-state index is -3.45. The van der Waals surface area contributed by atoms with E-state index >= 15 is 0 Å². The standard InChI is InChI=1S/C16H18N2O3S2/c1-13(19)18-14-7-9-15(10-8-14)22-12-11-17-23(20,21)16-5-3-2-4-6-16/h2-10,17H,11-12H2,1H3,(H,18,19). The number of amides is 1. The summed E-state index contributed by atoms with van der Waals surface area (Å²) in [5.74, 6) is 0.506. The lowest BCUT2D eigenvalue weighted by atomic mass is 10.3. The van der Waals surface area contributed by atoms with Crippen molar-refractivity contribution in [2.45, 2.75) is 16.7 Å². The van der Waals surface area contributed by atoms with E-state index in [9.17, 15) is 13.2 Å². The van der Waals surface area contributed by atoms with Crippen molar-refractivity contribution in [3.8, 4) is 0 Å². The Morgan fingerprint density at radius 1 is 1.04 bits per heavy atom. The van der Waals surface area contributed by atoms with E-state index in [0.29, 0.717) is 12.3 Å².